The summed E-state index contributed by atoms with van der Waals surface area (Å²) in [4.78, 5) is 0. The van der Waals surface area contributed by atoms with Crippen LogP contribution in [0.3, 0.4) is 0 Å². The third kappa shape index (κ3) is 4.18. The number of nitrogens with one attached hydrogen (secondary N) is 1. The van der Waals surface area contributed by atoms with Gasteiger partial charge in [0.2, 0.25) is 0 Å². The van der Waals surface area contributed by atoms with E-state index in [2.05, 4.69) is 37.2 Å². The minimum absolute atomic E-state index is 0.180. The standard InChI is InChI=1S/C8H9Br2F2NO2/c9-6-1-5(15-7(6)10)2-13-3-8(11,12)4-14/h1,13-14H,2-4H2. The van der Waals surface area contributed by atoms with E-state index in [1.165, 1.54) is 0 Å². The molecule has 0 spiro atoms. The van der Waals surface area contributed by atoms with E-state index in [1.807, 2.05) is 0 Å². The molecule has 1 aromatic rings. The summed E-state index contributed by atoms with van der Waals surface area (Å²) in [5.41, 5.74) is 0. The molecule has 2 N–H and O–H groups in total. The Kier molecular flexibility index (Phi) is 4.69. The summed E-state index contributed by atoms with van der Waals surface area (Å²) < 4.78 is 31.6. The van der Waals surface area contributed by atoms with Crippen LogP contribution < -0.4 is 5.32 Å². The number of hydrogen-bond acceptors (Lipinski definition) is 3. The normalized spacial score (nSPS) is 12.1. The highest BCUT2D eigenvalue weighted by molar-refractivity contribution is 9.13. The van der Waals surface area contributed by atoms with Gasteiger partial charge >= 0.3 is 0 Å². The number of hydrogen-bond donors (Lipinski definition) is 2. The van der Waals surface area contributed by atoms with Crippen molar-refractivity contribution in [3.05, 3.63) is 21.0 Å². The van der Waals surface area contributed by atoms with Gasteiger partial charge in [0.1, 0.15) is 12.4 Å². The summed E-state index contributed by atoms with van der Waals surface area (Å²) in [6, 6.07) is 1.67. The fourth-order valence-electron chi connectivity index (χ4n) is 0.903. The quantitative estimate of drug-likeness (QED) is 0.859. The summed E-state index contributed by atoms with van der Waals surface area (Å²) in [6.07, 6.45) is 0. The highest BCUT2D eigenvalue weighted by atomic mass is 79.9. The van der Waals surface area contributed by atoms with Crippen LogP contribution in [0.25, 0.3) is 0 Å². The third-order valence-electron chi connectivity index (χ3n) is 1.61. The molecule has 0 aliphatic rings. The van der Waals surface area contributed by atoms with E-state index in [0.717, 1.165) is 4.47 Å². The van der Waals surface area contributed by atoms with Crippen molar-refractivity contribution < 1.29 is 18.3 Å². The Morgan fingerprint density at radius 2 is 2.13 bits per heavy atom. The molecule has 1 aromatic heterocycles. The predicted octanol–water partition coefficient (Wildman–Crippen LogP) is 2.52. The number of alkyl halides is 2. The molecule has 0 aliphatic heterocycles. The number of aliphatic hydroxyl groups excluding tert-OH is 1. The van der Waals surface area contributed by atoms with E-state index >= 15 is 0 Å². The van der Waals surface area contributed by atoms with Crippen LogP contribution in [-0.4, -0.2) is 24.2 Å². The van der Waals surface area contributed by atoms with E-state index in [1.54, 1.807) is 6.07 Å². The van der Waals surface area contributed by atoms with E-state index in [9.17, 15) is 8.78 Å². The lowest BCUT2D eigenvalue weighted by atomic mass is 10.3. The molecule has 0 amide bonds. The fraction of sp³-hybridized carbons (Fsp3) is 0.500. The zero-order chi connectivity index (χ0) is 11.5. The summed E-state index contributed by atoms with van der Waals surface area (Å²) >= 11 is 6.34. The van der Waals surface area contributed by atoms with Crippen molar-refractivity contribution in [3.63, 3.8) is 0 Å². The van der Waals surface area contributed by atoms with E-state index in [4.69, 9.17) is 9.52 Å². The third-order valence-corrected chi connectivity index (χ3v) is 3.32. The summed E-state index contributed by atoms with van der Waals surface area (Å²) in [7, 11) is 0. The van der Waals surface area contributed by atoms with Crippen LogP contribution in [0.4, 0.5) is 8.78 Å². The lowest BCUT2D eigenvalue weighted by molar-refractivity contribution is -0.0479. The maximum absolute atomic E-state index is 12.6. The van der Waals surface area contributed by atoms with Gasteiger partial charge in [0.15, 0.2) is 4.67 Å². The van der Waals surface area contributed by atoms with E-state index in [0.29, 0.717) is 10.4 Å². The van der Waals surface area contributed by atoms with Crippen molar-refractivity contribution in [2.24, 2.45) is 0 Å². The summed E-state index contributed by atoms with van der Waals surface area (Å²) in [6.45, 7) is -1.56. The fourth-order valence-corrected chi connectivity index (χ4v) is 1.56. The van der Waals surface area contributed by atoms with Crippen LogP contribution >= 0.6 is 31.9 Å². The van der Waals surface area contributed by atoms with Crippen molar-refractivity contribution in [3.8, 4) is 0 Å². The van der Waals surface area contributed by atoms with Crippen molar-refractivity contribution >= 4 is 31.9 Å². The second-order valence-electron chi connectivity index (χ2n) is 2.95. The molecular formula is C8H9Br2F2NO2. The van der Waals surface area contributed by atoms with Gasteiger partial charge in [0, 0.05) is 0 Å². The Morgan fingerprint density at radius 1 is 1.47 bits per heavy atom. The minimum atomic E-state index is -3.10. The molecule has 0 radical (unpaired) electrons. The van der Waals surface area contributed by atoms with Gasteiger partial charge in [-0.2, -0.15) is 0 Å². The Hall–Kier alpha value is 0.0200. The molecule has 86 valence electrons. The van der Waals surface area contributed by atoms with Crippen molar-refractivity contribution in [2.75, 3.05) is 13.2 Å². The highest BCUT2D eigenvalue weighted by Gasteiger charge is 2.26. The second-order valence-corrected chi connectivity index (χ2v) is 4.53. The Labute approximate surface area is 102 Å². The molecule has 0 unspecified atom stereocenters. The molecule has 1 rings (SSSR count). The Balaban J connectivity index is 2.38. The van der Waals surface area contributed by atoms with Gasteiger partial charge in [-0.25, -0.2) is 8.78 Å². The van der Waals surface area contributed by atoms with Crippen molar-refractivity contribution in [2.45, 2.75) is 12.5 Å². The van der Waals surface area contributed by atoms with Gasteiger partial charge in [-0.1, -0.05) is 0 Å². The molecule has 0 aromatic carbocycles. The zero-order valence-corrected chi connectivity index (χ0v) is 10.7. The van der Waals surface area contributed by atoms with Crippen LogP contribution in [0.15, 0.2) is 19.6 Å². The SMILES string of the molecule is OCC(F)(F)CNCc1cc(Br)c(Br)o1. The summed E-state index contributed by atoms with van der Waals surface area (Å²) in [5.74, 6) is -2.57. The first kappa shape index (κ1) is 13.1. The minimum Gasteiger partial charge on any atom is -0.452 e. The molecule has 0 bridgehead atoms. The maximum Gasteiger partial charge on any atom is 0.282 e. The molecular weight excluding hydrogens is 340 g/mol. The average molecular weight is 349 g/mol. The topological polar surface area (TPSA) is 45.4 Å². The zero-order valence-electron chi connectivity index (χ0n) is 7.57. The number of furan rings is 1. The van der Waals surface area contributed by atoms with Crippen LogP contribution in [-0.2, 0) is 6.54 Å². The average Bonchev–Trinajstić information content (AvgIpc) is 2.46. The highest BCUT2D eigenvalue weighted by Crippen LogP contribution is 2.26. The largest absolute Gasteiger partial charge is 0.452 e. The Morgan fingerprint density at radius 3 is 2.60 bits per heavy atom. The molecule has 3 nitrogen and oxygen atoms in total. The van der Waals surface area contributed by atoms with Gasteiger partial charge in [-0.15, -0.1) is 0 Å². The van der Waals surface area contributed by atoms with Crippen LogP contribution in [0.1, 0.15) is 5.76 Å². The van der Waals surface area contributed by atoms with Crippen LogP contribution in [0.5, 0.6) is 0 Å². The van der Waals surface area contributed by atoms with Crippen molar-refractivity contribution in [1.29, 1.82) is 0 Å². The molecule has 0 fully saturated rings. The molecule has 7 heteroatoms. The maximum atomic E-state index is 12.6. The predicted molar refractivity (Wildman–Crippen MR) is 57.8 cm³/mol. The molecule has 0 atom stereocenters. The smallest absolute Gasteiger partial charge is 0.282 e. The van der Waals surface area contributed by atoms with Gasteiger partial charge in [0.25, 0.3) is 5.92 Å². The first-order valence-corrected chi connectivity index (χ1v) is 5.66. The monoisotopic (exact) mass is 347 g/mol. The van der Waals surface area contributed by atoms with E-state index < -0.39 is 19.1 Å². The number of aliphatic hydroxyl groups is 1. The Bertz CT molecular complexity index is 311. The lowest BCUT2D eigenvalue weighted by Gasteiger charge is -2.12. The molecule has 0 aliphatic carbocycles. The summed E-state index contributed by atoms with van der Waals surface area (Å²) in [5, 5.41) is 10.8. The van der Waals surface area contributed by atoms with Crippen LogP contribution in [0, 0.1) is 0 Å². The van der Waals surface area contributed by atoms with Gasteiger partial charge in [0.05, 0.1) is 17.6 Å². The number of rotatable bonds is 5. The molecule has 15 heavy (non-hydrogen) atoms. The molecule has 1 heterocycles. The van der Waals surface area contributed by atoms with Crippen molar-refractivity contribution in [1.82, 2.24) is 5.32 Å². The number of halogens is 4. The van der Waals surface area contributed by atoms with Crippen LogP contribution in [0.2, 0.25) is 0 Å². The lowest BCUT2D eigenvalue weighted by Crippen LogP contribution is -2.35. The van der Waals surface area contributed by atoms with Gasteiger partial charge in [-0.3, -0.25) is 0 Å². The molecule has 0 saturated carbocycles. The second kappa shape index (κ2) is 5.38. The molecule has 0 saturated heterocycles. The van der Waals surface area contributed by atoms with Gasteiger partial charge in [-0.05, 0) is 37.9 Å². The van der Waals surface area contributed by atoms with E-state index in [-0.39, 0.29) is 6.54 Å². The first-order chi connectivity index (χ1) is 6.94. The first-order valence-electron chi connectivity index (χ1n) is 4.08. The van der Waals surface area contributed by atoms with Gasteiger partial charge < -0.3 is 14.8 Å².